The van der Waals surface area contributed by atoms with Gasteiger partial charge in [0.05, 0.1) is 25.8 Å². The molecule has 0 aliphatic carbocycles. The normalized spacial score (nSPS) is 10.1. The van der Waals surface area contributed by atoms with Crippen LogP contribution in [0.1, 0.15) is 15.9 Å². The first kappa shape index (κ1) is 17.1. The van der Waals surface area contributed by atoms with Crippen LogP contribution in [-0.2, 0) is 6.61 Å². The van der Waals surface area contributed by atoms with Gasteiger partial charge >= 0.3 is 0 Å². The highest BCUT2D eigenvalue weighted by atomic mass is 79.9. The Balaban J connectivity index is 2.23. The molecule has 0 heterocycles. The summed E-state index contributed by atoms with van der Waals surface area (Å²) >= 11 is 3.50. The van der Waals surface area contributed by atoms with Crippen molar-refractivity contribution in [3.05, 3.63) is 45.9 Å². The Hall–Kier alpha value is -2.21. The van der Waals surface area contributed by atoms with Crippen molar-refractivity contribution in [3.8, 4) is 23.0 Å². The second kappa shape index (κ2) is 7.87. The van der Waals surface area contributed by atoms with Crippen molar-refractivity contribution in [1.29, 1.82) is 0 Å². The van der Waals surface area contributed by atoms with Crippen LogP contribution >= 0.6 is 15.9 Å². The van der Waals surface area contributed by atoms with Gasteiger partial charge < -0.3 is 18.9 Å². The molecule has 6 heteroatoms. The molecule has 0 aliphatic rings. The fraction of sp³-hybridized carbons (Fsp3) is 0.235. The molecule has 0 spiro atoms. The molecule has 0 amide bonds. The second-order valence-corrected chi connectivity index (χ2v) is 5.38. The molecule has 2 aromatic rings. The van der Waals surface area contributed by atoms with Gasteiger partial charge in [-0.3, -0.25) is 4.79 Å². The molecule has 23 heavy (non-hydrogen) atoms. The van der Waals surface area contributed by atoms with Crippen LogP contribution in [0.5, 0.6) is 23.0 Å². The Morgan fingerprint density at radius 1 is 0.957 bits per heavy atom. The fourth-order valence-corrected chi connectivity index (χ4v) is 2.68. The van der Waals surface area contributed by atoms with Crippen molar-refractivity contribution >= 4 is 22.2 Å². The van der Waals surface area contributed by atoms with Gasteiger partial charge in [0.25, 0.3) is 0 Å². The fourth-order valence-electron chi connectivity index (χ4n) is 2.07. The molecule has 2 rings (SSSR count). The number of halogens is 1. The molecule has 2 aromatic carbocycles. The van der Waals surface area contributed by atoms with Crippen LogP contribution in [-0.4, -0.2) is 27.6 Å². The van der Waals surface area contributed by atoms with E-state index in [1.807, 2.05) is 12.1 Å². The maximum atomic E-state index is 10.8. The SMILES string of the molecule is COc1cc(C=O)ccc1OCc1ccc(OC)c(OC)c1Br. The summed E-state index contributed by atoms with van der Waals surface area (Å²) < 4.78 is 22.4. The zero-order valence-corrected chi connectivity index (χ0v) is 14.7. The first-order valence-electron chi connectivity index (χ1n) is 6.80. The minimum absolute atomic E-state index is 0.303. The van der Waals surface area contributed by atoms with E-state index in [0.717, 1.165) is 16.3 Å². The number of carbonyl (C=O) groups excluding carboxylic acids is 1. The molecule has 0 saturated heterocycles. The Morgan fingerprint density at radius 3 is 2.26 bits per heavy atom. The van der Waals surface area contributed by atoms with Gasteiger partial charge in [-0.05, 0) is 40.2 Å². The van der Waals surface area contributed by atoms with Crippen molar-refractivity contribution in [3.63, 3.8) is 0 Å². The van der Waals surface area contributed by atoms with Crippen LogP contribution in [0.3, 0.4) is 0 Å². The number of aldehydes is 1. The van der Waals surface area contributed by atoms with Gasteiger partial charge in [0.2, 0.25) is 0 Å². The molecule has 0 fully saturated rings. The molecular weight excluding hydrogens is 364 g/mol. The average Bonchev–Trinajstić information content (AvgIpc) is 2.60. The summed E-state index contributed by atoms with van der Waals surface area (Å²) in [6.07, 6.45) is 0.761. The monoisotopic (exact) mass is 380 g/mol. The molecule has 0 unspecified atom stereocenters. The van der Waals surface area contributed by atoms with Gasteiger partial charge in [-0.2, -0.15) is 0 Å². The third-order valence-electron chi connectivity index (χ3n) is 3.27. The molecule has 0 N–H and O–H groups in total. The molecule has 0 radical (unpaired) electrons. The van der Waals surface area contributed by atoms with Gasteiger partial charge in [0.15, 0.2) is 23.0 Å². The molecule has 0 atom stereocenters. The predicted octanol–water partition coefficient (Wildman–Crippen LogP) is 3.87. The molecule has 0 aliphatic heterocycles. The smallest absolute Gasteiger partial charge is 0.175 e. The topological polar surface area (TPSA) is 54.0 Å². The average molecular weight is 381 g/mol. The van der Waals surface area contributed by atoms with E-state index in [-0.39, 0.29) is 0 Å². The van der Waals surface area contributed by atoms with Gasteiger partial charge in [-0.25, -0.2) is 0 Å². The van der Waals surface area contributed by atoms with Crippen molar-refractivity contribution in [2.75, 3.05) is 21.3 Å². The van der Waals surface area contributed by atoms with Gasteiger partial charge in [0.1, 0.15) is 12.9 Å². The van der Waals surface area contributed by atoms with Crippen LogP contribution < -0.4 is 18.9 Å². The van der Waals surface area contributed by atoms with E-state index in [1.165, 1.54) is 7.11 Å². The van der Waals surface area contributed by atoms with E-state index >= 15 is 0 Å². The predicted molar refractivity (Wildman–Crippen MR) is 90.0 cm³/mol. The van der Waals surface area contributed by atoms with Crippen molar-refractivity contribution in [2.45, 2.75) is 6.61 Å². The number of hydrogen-bond donors (Lipinski definition) is 0. The number of rotatable bonds is 7. The van der Waals surface area contributed by atoms with Crippen molar-refractivity contribution < 1.29 is 23.7 Å². The Kier molecular flexibility index (Phi) is 5.87. The highest BCUT2D eigenvalue weighted by Gasteiger charge is 2.14. The summed E-state index contributed by atoms with van der Waals surface area (Å²) in [7, 11) is 4.69. The van der Waals surface area contributed by atoms with Crippen LogP contribution in [0.2, 0.25) is 0 Å². The Labute approximate surface area is 143 Å². The lowest BCUT2D eigenvalue weighted by Crippen LogP contribution is -2.01. The second-order valence-electron chi connectivity index (χ2n) is 4.59. The number of methoxy groups -OCH3 is 3. The maximum Gasteiger partial charge on any atom is 0.175 e. The van der Waals surface area contributed by atoms with E-state index in [2.05, 4.69) is 15.9 Å². The maximum absolute atomic E-state index is 10.8. The third-order valence-corrected chi connectivity index (χ3v) is 4.14. The quantitative estimate of drug-likeness (QED) is 0.682. The van der Waals surface area contributed by atoms with E-state index in [1.54, 1.807) is 32.4 Å². The lowest BCUT2D eigenvalue weighted by molar-refractivity contribution is 0.112. The minimum Gasteiger partial charge on any atom is -0.493 e. The highest BCUT2D eigenvalue weighted by Crippen LogP contribution is 2.38. The van der Waals surface area contributed by atoms with E-state index in [0.29, 0.717) is 35.2 Å². The lowest BCUT2D eigenvalue weighted by Gasteiger charge is -2.15. The van der Waals surface area contributed by atoms with E-state index < -0.39 is 0 Å². The summed E-state index contributed by atoms with van der Waals surface area (Å²) in [4.78, 5) is 10.8. The minimum atomic E-state index is 0.303. The number of carbonyl (C=O) groups is 1. The van der Waals surface area contributed by atoms with Crippen molar-refractivity contribution in [1.82, 2.24) is 0 Å². The molecule has 0 aromatic heterocycles. The molecule has 122 valence electrons. The lowest BCUT2D eigenvalue weighted by atomic mass is 10.2. The van der Waals surface area contributed by atoms with Crippen LogP contribution in [0.25, 0.3) is 0 Å². The first-order chi connectivity index (χ1) is 11.1. The number of ether oxygens (including phenoxy) is 4. The Morgan fingerprint density at radius 2 is 1.65 bits per heavy atom. The largest absolute Gasteiger partial charge is 0.493 e. The molecule has 0 bridgehead atoms. The molecular formula is C17H17BrO5. The van der Waals surface area contributed by atoms with Gasteiger partial charge in [0, 0.05) is 11.1 Å². The molecule has 0 saturated carbocycles. The Bertz CT molecular complexity index is 700. The summed E-state index contributed by atoms with van der Waals surface area (Å²) in [6.45, 7) is 0.303. The third kappa shape index (κ3) is 3.76. The van der Waals surface area contributed by atoms with Crippen LogP contribution in [0.15, 0.2) is 34.8 Å². The summed E-state index contributed by atoms with van der Waals surface area (Å²) in [5.41, 5.74) is 1.42. The van der Waals surface area contributed by atoms with E-state index in [4.69, 9.17) is 18.9 Å². The van der Waals surface area contributed by atoms with Crippen molar-refractivity contribution in [2.24, 2.45) is 0 Å². The standard InChI is InChI=1S/C17H17BrO5/c1-20-14-7-5-12(16(18)17(14)22-3)10-23-13-6-4-11(9-19)8-15(13)21-2/h4-9H,10H2,1-3H3. The summed E-state index contributed by atoms with van der Waals surface area (Å²) in [5, 5.41) is 0. The molecule has 5 nitrogen and oxygen atoms in total. The van der Waals surface area contributed by atoms with Gasteiger partial charge in [-0.1, -0.05) is 6.07 Å². The van der Waals surface area contributed by atoms with E-state index in [9.17, 15) is 4.79 Å². The number of hydrogen-bond acceptors (Lipinski definition) is 5. The first-order valence-corrected chi connectivity index (χ1v) is 7.59. The summed E-state index contributed by atoms with van der Waals surface area (Å²) in [5.74, 6) is 2.30. The zero-order valence-electron chi connectivity index (χ0n) is 13.1. The highest BCUT2D eigenvalue weighted by molar-refractivity contribution is 9.10. The van der Waals surface area contributed by atoms with Gasteiger partial charge in [-0.15, -0.1) is 0 Å². The van der Waals surface area contributed by atoms with Crippen LogP contribution in [0, 0.1) is 0 Å². The van der Waals surface area contributed by atoms with Crippen LogP contribution in [0.4, 0.5) is 0 Å². The summed E-state index contributed by atoms with van der Waals surface area (Å²) in [6, 6.07) is 8.71. The number of benzene rings is 2. The zero-order chi connectivity index (χ0) is 16.8.